The Morgan fingerprint density at radius 2 is 1.97 bits per heavy atom. The molecule has 0 saturated heterocycles. The van der Waals surface area contributed by atoms with Crippen molar-refractivity contribution in [3.63, 3.8) is 0 Å². The van der Waals surface area contributed by atoms with Crippen LogP contribution in [0.4, 0.5) is 4.39 Å². The number of aromatic nitrogens is 3. The highest BCUT2D eigenvalue weighted by Gasteiger charge is 2.31. The van der Waals surface area contributed by atoms with Crippen LogP contribution in [-0.2, 0) is 6.54 Å². The van der Waals surface area contributed by atoms with E-state index in [1.807, 2.05) is 20.0 Å². The van der Waals surface area contributed by atoms with E-state index in [4.69, 9.17) is 9.51 Å². The van der Waals surface area contributed by atoms with Gasteiger partial charge in [-0.1, -0.05) is 11.2 Å². The van der Waals surface area contributed by atoms with Crippen LogP contribution in [0, 0.1) is 19.8 Å². The van der Waals surface area contributed by atoms with Crippen molar-refractivity contribution in [2.45, 2.75) is 58.7 Å². The van der Waals surface area contributed by atoms with Gasteiger partial charge in [0.15, 0.2) is 0 Å². The van der Waals surface area contributed by atoms with Crippen LogP contribution in [0.2, 0.25) is 0 Å². The largest absolute Gasteiger partial charge is 0.507 e. The van der Waals surface area contributed by atoms with Gasteiger partial charge in [0.1, 0.15) is 22.7 Å². The molecule has 8 heteroatoms. The lowest BCUT2D eigenvalue weighted by molar-refractivity contribution is 0.0693. The number of pyridine rings is 1. The van der Waals surface area contributed by atoms with Crippen molar-refractivity contribution in [1.82, 2.24) is 14.7 Å². The van der Waals surface area contributed by atoms with Gasteiger partial charge in [0.25, 0.3) is 0 Å². The number of alkyl halides is 1. The minimum Gasteiger partial charge on any atom is -0.507 e. The van der Waals surface area contributed by atoms with Crippen LogP contribution in [0.5, 0.6) is 5.75 Å². The van der Waals surface area contributed by atoms with Crippen molar-refractivity contribution in [3.8, 4) is 28.0 Å². The first-order valence-corrected chi connectivity index (χ1v) is 11.8. The monoisotopic (exact) mass is 477 g/mol. The molecule has 1 aromatic carbocycles. The molecule has 3 heterocycles. The highest BCUT2D eigenvalue weighted by atomic mass is 19.1. The topological polar surface area (TPSA) is 101 Å². The van der Waals surface area contributed by atoms with E-state index < -0.39 is 11.6 Å². The molecule has 1 fully saturated rings. The first-order chi connectivity index (χ1) is 16.6. The molecule has 35 heavy (non-hydrogen) atoms. The summed E-state index contributed by atoms with van der Waals surface area (Å²) >= 11 is 0. The van der Waals surface area contributed by atoms with Crippen molar-refractivity contribution in [2.24, 2.45) is 5.92 Å². The number of benzene rings is 1. The Morgan fingerprint density at radius 1 is 1.23 bits per heavy atom. The van der Waals surface area contributed by atoms with Crippen LogP contribution in [0.1, 0.15) is 54.4 Å². The van der Waals surface area contributed by atoms with Crippen molar-refractivity contribution in [2.75, 3.05) is 0 Å². The molecule has 0 bridgehead atoms. The quantitative estimate of drug-likeness (QED) is 0.350. The van der Waals surface area contributed by atoms with Crippen LogP contribution in [0.25, 0.3) is 33.3 Å². The molecule has 0 unspecified atom stereocenters. The van der Waals surface area contributed by atoms with Gasteiger partial charge < -0.3 is 19.3 Å². The van der Waals surface area contributed by atoms with E-state index in [-0.39, 0.29) is 11.3 Å². The lowest BCUT2D eigenvalue weighted by Gasteiger charge is -2.31. The Labute approximate surface area is 202 Å². The molecule has 182 valence electrons. The smallest absolute Gasteiger partial charge is 0.339 e. The summed E-state index contributed by atoms with van der Waals surface area (Å²) in [5.41, 5.74) is 4.46. The number of aromatic hydroxyl groups is 1. The number of aromatic carboxylic acids is 1. The summed E-state index contributed by atoms with van der Waals surface area (Å²) in [5, 5.41) is 23.6. The number of hydrogen-bond acceptors (Lipinski definition) is 5. The Morgan fingerprint density at radius 3 is 2.60 bits per heavy atom. The zero-order chi connectivity index (χ0) is 24.9. The molecule has 4 aromatic rings. The van der Waals surface area contributed by atoms with Gasteiger partial charge in [0, 0.05) is 35.6 Å². The van der Waals surface area contributed by atoms with Crippen LogP contribution < -0.4 is 0 Å². The number of fused-ring (bicyclic) bond motifs is 1. The summed E-state index contributed by atoms with van der Waals surface area (Å²) in [6, 6.07) is 6.60. The summed E-state index contributed by atoms with van der Waals surface area (Å²) in [5.74, 6) is -0.424. The van der Waals surface area contributed by atoms with E-state index >= 15 is 0 Å². The van der Waals surface area contributed by atoms with Gasteiger partial charge in [-0.05, 0) is 76.1 Å². The Balaban J connectivity index is 1.61. The number of phenols is 1. The van der Waals surface area contributed by atoms with Gasteiger partial charge >= 0.3 is 5.97 Å². The molecule has 0 amide bonds. The van der Waals surface area contributed by atoms with E-state index in [2.05, 4.69) is 15.8 Å². The summed E-state index contributed by atoms with van der Waals surface area (Å²) < 4.78 is 21.9. The average molecular weight is 478 g/mol. The molecule has 0 aliphatic heterocycles. The maximum absolute atomic E-state index is 14.4. The fourth-order valence-electron chi connectivity index (χ4n) is 5.18. The molecular formula is C27H28FN3O4. The zero-order valence-electron chi connectivity index (χ0n) is 20.0. The van der Waals surface area contributed by atoms with Crippen molar-refractivity contribution in [3.05, 3.63) is 53.7 Å². The van der Waals surface area contributed by atoms with Gasteiger partial charge in [-0.15, -0.1) is 0 Å². The summed E-state index contributed by atoms with van der Waals surface area (Å²) in [7, 11) is 0. The fourth-order valence-corrected chi connectivity index (χ4v) is 5.18. The molecule has 2 N–H and O–H groups in total. The standard InChI is InChI=1S/C27H28FN3O4/c1-15-24(16(2)35-30-15)19-10-22-25(29-12-19)21(18-4-5-20(26(33)34)23(32)11-18)14-31(22)13-17-6-8-27(3,28)9-7-17/h4-5,10-12,14,17,32H,6-9,13H2,1-3H3,(H,33,34). The Kier molecular flexibility index (Phi) is 5.62. The van der Waals surface area contributed by atoms with Crippen LogP contribution in [0.3, 0.4) is 0 Å². The first-order valence-electron chi connectivity index (χ1n) is 11.8. The molecule has 7 nitrogen and oxygen atoms in total. The minimum absolute atomic E-state index is 0.150. The lowest BCUT2D eigenvalue weighted by atomic mass is 9.81. The molecule has 1 saturated carbocycles. The second kappa shape index (κ2) is 8.52. The average Bonchev–Trinajstić information content (AvgIpc) is 3.33. The summed E-state index contributed by atoms with van der Waals surface area (Å²) in [6.07, 6.45) is 6.50. The SMILES string of the molecule is Cc1noc(C)c1-c1cnc2c(-c3ccc(C(=O)O)c(O)c3)cn(CC3CCC(C)(F)CC3)c2c1. The van der Waals surface area contributed by atoms with Crippen molar-refractivity contribution in [1.29, 1.82) is 0 Å². The maximum atomic E-state index is 14.4. The molecular weight excluding hydrogens is 449 g/mol. The third-order valence-corrected chi connectivity index (χ3v) is 7.18. The van der Waals surface area contributed by atoms with Crippen molar-refractivity contribution < 1.29 is 23.9 Å². The summed E-state index contributed by atoms with van der Waals surface area (Å²) in [4.78, 5) is 16.1. The number of halogens is 1. The number of rotatable bonds is 5. The molecule has 3 aromatic heterocycles. The predicted octanol–water partition coefficient (Wildman–Crippen LogP) is 6.30. The van der Waals surface area contributed by atoms with E-state index in [1.54, 1.807) is 19.2 Å². The first kappa shape index (κ1) is 23.1. The predicted molar refractivity (Wildman–Crippen MR) is 130 cm³/mol. The molecule has 1 aliphatic rings. The van der Waals surface area contributed by atoms with Crippen LogP contribution >= 0.6 is 0 Å². The van der Waals surface area contributed by atoms with Gasteiger partial charge in [0.05, 0.1) is 16.7 Å². The zero-order valence-corrected chi connectivity index (χ0v) is 20.0. The third-order valence-electron chi connectivity index (χ3n) is 7.18. The Hall–Kier alpha value is -3.68. The highest BCUT2D eigenvalue weighted by Crippen LogP contribution is 2.39. The molecule has 0 atom stereocenters. The van der Waals surface area contributed by atoms with E-state index in [0.29, 0.717) is 30.1 Å². The number of carbonyl (C=O) groups is 1. The van der Waals surface area contributed by atoms with Gasteiger partial charge in [-0.2, -0.15) is 0 Å². The number of carboxylic acids is 1. The number of aryl methyl sites for hydroxylation is 2. The van der Waals surface area contributed by atoms with Crippen LogP contribution in [-0.4, -0.2) is 36.6 Å². The lowest BCUT2D eigenvalue weighted by Crippen LogP contribution is -2.27. The van der Waals surface area contributed by atoms with E-state index in [0.717, 1.165) is 52.8 Å². The van der Waals surface area contributed by atoms with E-state index in [1.165, 1.54) is 12.1 Å². The van der Waals surface area contributed by atoms with Crippen molar-refractivity contribution >= 4 is 17.0 Å². The third kappa shape index (κ3) is 4.29. The number of carboxylic acid groups (broad SMARTS) is 1. The minimum atomic E-state index is -1.18. The second-order valence-electron chi connectivity index (χ2n) is 9.88. The number of hydrogen-bond donors (Lipinski definition) is 2. The van der Waals surface area contributed by atoms with Crippen LogP contribution in [0.15, 0.2) is 41.2 Å². The number of nitrogens with zero attached hydrogens (tertiary/aromatic N) is 3. The maximum Gasteiger partial charge on any atom is 0.339 e. The summed E-state index contributed by atoms with van der Waals surface area (Å²) in [6.45, 7) is 6.16. The van der Waals surface area contributed by atoms with Gasteiger partial charge in [-0.25, -0.2) is 9.18 Å². The fraction of sp³-hybridized carbons (Fsp3) is 0.370. The normalized spacial score (nSPS) is 20.4. The molecule has 1 aliphatic carbocycles. The van der Waals surface area contributed by atoms with Gasteiger partial charge in [0.2, 0.25) is 0 Å². The molecule has 0 spiro atoms. The second-order valence-corrected chi connectivity index (χ2v) is 9.88. The molecule has 5 rings (SSSR count). The van der Waals surface area contributed by atoms with E-state index in [9.17, 15) is 19.4 Å². The Bertz CT molecular complexity index is 1410. The highest BCUT2D eigenvalue weighted by molar-refractivity contribution is 5.97. The van der Waals surface area contributed by atoms with Gasteiger partial charge in [-0.3, -0.25) is 4.98 Å². The molecule has 0 radical (unpaired) electrons.